The molecule has 2 N–H and O–H groups in total. The number of halogens is 1. The molecule has 1 saturated heterocycles. The van der Waals surface area contributed by atoms with Crippen LogP contribution in [0.15, 0.2) is 24.4 Å². The molecule has 1 atom stereocenters. The third-order valence-electron chi connectivity index (χ3n) is 8.18. The van der Waals surface area contributed by atoms with E-state index in [4.69, 9.17) is 16.3 Å². The first-order valence-corrected chi connectivity index (χ1v) is 13.0. The summed E-state index contributed by atoms with van der Waals surface area (Å²) in [4.78, 5) is 6.98. The third kappa shape index (κ3) is 6.00. The Kier molecular flexibility index (Phi) is 8.50. The molecule has 1 aliphatic heterocycles. The molecule has 1 aromatic heterocycles. The highest BCUT2D eigenvalue weighted by atomic mass is 35.5. The van der Waals surface area contributed by atoms with E-state index in [1.165, 1.54) is 45.1 Å². The van der Waals surface area contributed by atoms with Crippen LogP contribution < -0.4 is 4.74 Å². The molecule has 0 amide bonds. The van der Waals surface area contributed by atoms with Gasteiger partial charge in [0, 0.05) is 23.8 Å². The predicted octanol–water partition coefficient (Wildman–Crippen LogP) is 5.76. The van der Waals surface area contributed by atoms with Gasteiger partial charge in [-0.3, -0.25) is 4.98 Å². The fourth-order valence-corrected chi connectivity index (χ4v) is 6.08. The molecule has 0 spiro atoms. The van der Waals surface area contributed by atoms with Crippen molar-refractivity contribution in [1.82, 2.24) is 9.88 Å². The number of aliphatic hydroxyl groups excluding tert-OH is 2. The number of pyridine rings is 1. The largest absolute Gasteiger partial charge is 0.497 e. The van der Waals surface area contributed by atoms with Crippen LogP contribution in [0.3, 0.4) is 0 Å². The molecule has 6 heteroatoms. The fourth-order valence-electron chi connectivity index (χ4n) is 5.80. The summed E-state index contributed by atoms with van der Waals surface area (Å²) in [6.07, 6.45) is 12.6. The fraction of sp³-hybridized carbons (Fsp3) is 0.667. The summed E-state index contributed by atoms with van der Waals surface area (Å²) in [7, 11) is 1.63. The van der Waals surface area contributed by atoms with Crippen LogP contribution in [-0.4, -0.2) is 53.4 Å². The van der Waals surface area contributed by atoms with Crippen molar-refractivity contribution in [2.75, 3.05) is 33.4 Å². The number of ether oxygens (including phenoxy) is 1. The number of aromatic nitrogens is 1. The first kappa shape index (κ1) is 24.7. The molecule has 33 heavy (non-hydrogen) atoms. The maximum atomic E-state index is 11.1. The van der Waals surface area contributed by atoms with Crippen molar-refractivity contribution in [1.29, 1.82) is 0 Å². The smallest absolute Gasteiger partial charge is 0.119 e. The number of fused-ring (bicyclic) bond motifs is 1. The standard InChI is InChI=1S/C27H39ClN2O3/c1-33-21-7-8-24-22(17-21)26(23(28)18-29-24)25(32)9-11-27(19-31)12-15-30(16-13-27)14-10-20-5-3-2-4-6-20/h7-8,17-18,20,25,31-32H,2-6,9-16,19H2,1H3/t25-/m0/s1. The van der Waals surface area contributed by atoms with Crippen LogP contribution in [0.5, 0.6) is 5.75 Å². The Hall–Kier alpha value is -1.40. The molecule has 2 heterocycles. The highest BCUT2D eigenvalue weighted by Gasteiger charge is 2.35. The molecule has 5 nitrogen and oxygen atoms in total. The van der Waals surface area contributed by atoms with Crippen molar-refractivity contribution in [2.24, 2.45) is 11.3 Å². The van der Waals surface area contributed by atoms with Crippen molar-refractivity contribution in [2.45, 2.75) is 70.3 Å². The van der Waals surface area contributed by atoms with Crippen LogP contribution in [0.25, 0.3) is 10.9 Å². The van der Waals surface area contributed by atoms with E-state index < -0.39 is 6.10 Å². The van der Waals surface area contributed by atoms with Crippen molar-refractivity contribution < 1.29 is 14.9 Å². The van der Waals surface area contributed by atoms with E-state index in [-0.39, 0.29) is 12.0 Å². The second-order valence-electron chi connectivity index (χ2n) is 10.2. The van der Waals surface area contributed by atoms with Gasteiger partial charge in [-0.15, -0.1) is 0 Å². The van der Waals surface area contributed by atoms with Gasteiger partial charge in [0.25, 0.3) is 0 Å². The lowest BCUT2D eigenvalue weighted by molar-refractivity contribution is 0.0218. The Bertz CT molecular complexity index is 908. The van der Waals surface area contributed by atoms with Gasteiger partial charge in [0.15, 0.2) is 0 Å². The topological polar surface area (TPSA) is 65.8 Å². The SMILES string of the molecule is COc1ccc2ncc(Cl)c([C@@H](O)CCC3(CO)CCN(CCC4CCCCC4)CC3)c2c1. The van der Waals surface area contributed by atoms with Crippen LogP contribution in [-0.2, 0) is 0 Å². The highest BCUT2D eigenvalue weighted by molar-refractivity contribution is 6.32. The number of hydrogen-bond donors (Lipinski definition) is 2. The Labute approximate surface area is 203 Å². The molecule has 2 aromatic rings. The lowest BCUT2D eigenvalue weighted by atomic mass is 9.74. The lowest BCUT2D eigenvalue weighted by Crippen LogP contribution is -2.42. The number of nitrogens with zero attached hydrogens (tertiary/aromatic N) is 2. The number of methoxy groups -OCH3 is 1. The van der Waals surface area contributed by atoms with Crippen molar-refractivity contribution >= 4 is 22.5 Å². The van der Waals surface area contributed by atoms with E-state index >= 15 is 0 Å². The minimum atomic E-state index is -0.706. The molecule has 0 radical (unpaired) electrons. The molecule has 1 aromatic carbocycles. The van der Waals surface area contributed by atoms with Gasteiger partial charge >= 0.3 is 0 Å². The maximum absolute atomic E-state index is 11.1. The minimum Gasteiger partial charge on any atom is -0.497 e. The molecular weight excluding hydrogens is 436 g/mol. The van der Waals surface area contributed by atoms with E-state index in [2.05, 4.69) is 9.88 Å². The Morgan fingerprint density at radius 3 is 2.67 bits per heavy atom. The number of hydrogen-bond acceptors (Lipinski definition) is 5. The van der Waals surface area contributed by atoms with E-state index in [1.807, 2.05) is 18.2 Å². The van der Waals surface area contributed by atoms with Crippen molar-refractivity contribution in [3.63, 3.8) is 0 Å². The summed E-state index contributed by atoms with van der Waals surface area (Å²) in [6, 6.07) is 5.64. The van der Waals surface area contributed by atoms with E-state index in [0.29, 0.717) is 22.8 Å². The molecule has 1 saturated carbocycles. The number of piperidine rings is 1. The zero-order valence-corrected chi connectivity index (χ0v) is 20.7. The van der Waals surface area contributed by atoms with Crippen LogP contribution in [0.4, 0.5) is 0 Å². The molecule has 0 bridgehead atoms. The Morgan fingerprint density at radius 2 is 1.97 bits per heavy atom. The summed E-state index contributed by atoms with van der Waals surface area (Å²) >= 11 is 6.48. The molecule has 1 aliphatic carbocycles. The summed E-state index contributed by atoms with van der Waals surface area (Å²) < 4.78 is 5.36. The summed E-state index contributed by atoms with van der Waals surface area (Å²) in [6.45, 7) is 3.45. The van der Waals surface area contributed by atoms with Gasteiger partial charge in [-0.05, 0) is 81.3 Å². The minimum absolute atomic E-state index is 0.116. The first-order chi connectivity index (χ1) is 16.0. The third-order valence-corrected chi connectivity index (χ3v) is 8.48. The van der Waals surface area contributed by atoms with E-state index in [9.17, 15) is 10.2 Å². The average molecular weight is 475 g/mol. The number of aliphatic hydroxyl groups is 2. The summed E-state index contributed by atoms with van der Waals surface area (Å²) in [5, 5.41) is 22.7. The molecule has 4 rings (SSSR count). The van der Waals surface area contributed by atoms with Gasteiger partial charge in [0.05, 0.1) is 23.8 Å². The molecular formula is C27H39ClN2O3. The monoisotopic (exact) mass is 474 g/mol. The molecule has 2 fully saturated rings. The van der Waals surface area contributed by atoms with Gasteiger partial charge in [0.2, 0.25) is 0 Å². The van der Waals surface area contributed by atoms with Crippen LogP contribution in [0.2, 0.25) is 5.02 Å². The van der Waals surface area contributed by atoms with E-state index in [1.54, 1.807) is 13.3 Å². The van der Waals surface area contributed by atoms with Gasteiger partial charge in [-0.25, -0.2) is 0 Å². The summed E-state index contributed by atoms with van der Waals surface area (Å²) in [5.74, 6) is 1.63. The maximum Gasteiger partial charge on any atom is 0.119 e. The van der Waals surface area contributed by atoms with Gasteiger partial charge in [0.1, 0.15) is 5.75 Å². The Morgan fingerprint density at radius 1 is 1.21 bits per heavy atom. The predicted molar refractivity (Wildman–Crippen MR) is 134 cm³/mol. The van der Waals surface area contributed by atoms with Crippen LogP contribution in [0.1, 0.15) is 75.9 Å². The highest BCUT2D eigenvalue weighted by Crippen LogP contribution is 2.40. The zero-order chi connectivity index (χ0) is 23.3. The molecule has 182 valence electrons. The number of rotatable bonds is 9. The second kappa shape index (κ2) is 11.4. The van der Waals surface area contributed by atoms with Gasteiger partial charge in [-0.1, -0.05) is 43.7 Å². The Balaban J connectivity index is 1.35. The normalized spacial score (nSPS) is 20.7. The molecule has 0 unspecified atom stereocenters. The van der Waals surface area contributed by atoms with Crippen LogP contribution in [0, 0.1) is 11.3 Å². The number of benzene rings is 1. The van der Waals surface area contributed by atoms with Gasteiger partial charge in [-0.2, -0.15) is 0 Å². The van der Waals surface area contributed by atoms with Gasteiger partial charge < -0.3 is 19.8 Å². The zero-order valence-electron chi connectivity index (χ0n) is 19.9. The average Bonchev–Trinajstić information content (AvgIpc) is 2.87. The summed E-state index contributed by atoms with van der Waals surface area (Å²) in [5.41, 5.74) is 1.38. The molecule has 2 aliphatic rings. The van der Waals surface area contributed by atoms with E-state index in [0.717, 1.165) is 49.2 Å². The lowest BCUT2D eigenvalue weighted by Gasteiger charge is -2.41. The number of likely N-dealkylation sites (tertiary alicyclic amines) is 1. The quantitative estimate of drug-likeness (QED) is 0.484. The van der Waals surface area contributed by atoms with Crippen LogP contribution >= 0.6 is 11.6 Å². The van der Waals surface area contributed by atoms with Crippen molar-refractivity contribution in [3.8, 4) is 5.75 Å². The second-order valence-corrected chi connectivity index (χ2v) is 10.7. The first-order valence-electron chi connectivity index (χ1n) is 12.7. The van der Waals surface area contributed by atoms with Crippen molar-refractivity contribution in [3.05, 3.63) is 35.0 Å².